The van der Waals surface area contributed by atoms with E-state index in [4.69, 9.17) is 4.74 Å². The van der Waals surface area contributed by atoms with Crippen molar-refractivity contribution in [2.75, 3.05) is 4.90 Å². The predicted molar refractivity (Wildman–Crippen MR) is 236 cm³/mol. The van der Waals surface area contributed by atoms with Crippen molar-refractivity contribution in [3.05, 3.63) is 242 Å². The number of ether oxygens (including phenoxy) is 1. The molecule has 1 aliphatic rings. The Labute approximate surface area is 329 Å². The van der Waals surface area contributed by atoms with Crippen LogP contribution < -0.4 is 9.64 Å². The third-order valence-corrected chi connectivity index (χ3v) is 10.3. The Morgan fingerprint density at radius 3 is 1.16 bits per heavy atom. The van der Waals surface area contributed by atoms with Crippen LogP contribution in [0.1, 0.15) is 11.1 Å². The molecule has 0 spiro atoms. The number of rotatable bonds is 8. The van der Waals surface area contributed by atoms with Crippen molar-refractivity contribution in [2.45, 2.75) is 0 Å². The van der Waals surface area contributed by atoms with E-state index in [-0.39, 0.29) is 0 Å². The SMILES string of the molecule is C=C1/C=C(c2ccccc2)\C=C/Oc2ccc(-c3ccc(-c4ccc(N(c5ccc(-c6ccccc6)cc5)c5ccc(-c6ccccc6)cc5)cc4)cc3)cc21. The summed E-state index contributed by atoms with van der Waals surface area (Å²) < 4.78 is 6.06. The van der Waals surface area contributed by atoms with Crippen LogP contribution in [-0.2, 0) is 0 Å². The Bertz CT molecular complexity index is 2570. The van der Waals surface area contributed by atoms with Gasteiger partial charge in [0.15, 0.2) is 0 Å². The molecule has 266 valence electrons. The molecule has 0 saturated carbocycles. The molecule has 0 fully saturated rings. The molecule has 0 bridgehead atoms. The highest BCUT2D eigenvalue weighted by Crippen LogP contribution is 2.39. The van der Waals surface area contributed by atoms with Crippen LogP contribution >= 0.6 is 0 Å². The van der Waals surface area contributed by atoms with Crippen LogP contribution in [0.15, 0.2) is 231 Å². The molecule has 2 nitrogen and oxygen atoms in total. The molecule has 0 radical (unpaired) electrons. The summed E-state index contributed by atoms with van der Waals surface area (Å²) in [5.41, 5.74) is 16.7. The first-order valence-electron chi connectivity index (χ1n) is 18.9. The van der Waals surface area contributed by atoms with Crippen molar-refractivity contribution in [1.82, 2.24) is 0 Å². The number of benzene rings is 8. The molecule has 1 aliphatic heterocycles. The third kappa shape index (κ3) is 7.24. The molecule has 0 unspecified atom stereocenters. The van der Waals surface area contributed by atoms with Crippen LogP contribution in [0, 0.1) is 0 Å². The van der Waals surface area contributed by atoms with Crippen molar-refractivity contribution in [3.63, 3.8) is 0 Å². The van der Waals surface area contributed by atoms with Gasteiger partial charge in [-0.05, 0) is 122 Å². The topological polar surface area (TPSA) is 12.5 Å². The van der Waals surface area contributed by atoms with Gasteiger partial charge in [-0.3, -0.25) is 0 Å². The summed E-state index contributed by atoms with van der Waals surface area (Å²) in [4.78, 5) is 2.32. The lowest BCUT2D eigenvalue weighted by molar-refractivity contribution is 0.480. The van der Waals surface area contributed by atoms with Gasteiger partial charge in [0.1, 0.15) is 5.75 Å². The van der Waals surface area contributed by atoms with Crippen molar-refractivity contribution in [1.29, 1.82) is 0 Å². The zero-order valence-electron chi connectivity index (χ0n) is 30.9. The summed E-state index contributed by atoms with van der Waals surface area (Å²) in [5, 5.41) is 0. The smallest absolute Gasteiger partial charge is 0.134 e. The Hall–Kier alpha value is -7.42. The van der Waals surface area contributed by atoms with Gasteiger partial charge in [0.25, 0.3) is 0 Å². The van der Waals surface area contributed by atoms with Gasteiger partial charge >= 0.3 is 0 Å². The van der Waals surface area contributed by atoms with Gasteiger partial charge in [-0.2, -0.15) is 0 Å². The van der Waals surface area contributed by atoms with Crippen LogP contribution in [0.4, 0.5) is 17.1 Å². The molecule has 0 atom stereocenters. The van der Waals surface area contributed by atoms with Gasteiger partial charge in [0.05, 0.1) is 6.26 Å². The first-order valence-corrected chi connectivity index (χ1v) is 18.9. The van der Waals surface area contributed by atoms with E-state index < -0.39 is 0 Å². The zero-order chi connectivity index (χ0) is 37.7. The molecular weight excluding hydrogens is 679 g/mol. The minimum atomic E-state index is 0.795. The maximum absolute atomic E-state index is 6.06. The van der Waals surface area contributed by atoms with Crippen LogP contribution in [0.3, 0.4) is 0 Å². The lowest BCUT2D eigenvalue weighted by Gasteiger charge is -2.26. The van der Waals surface area contributed by atoms with Crippen molar-refractivity contribution >= 4 is 28.2 Å². The molecule has 0 saturated heterocycles. The van der Waals surface area contributed by atoms with E-state index in [0.717, 1.165) is 67.3 Å². The number of fused-ring (bicyclic) bond motifs is 1. The number of hydrogen-bond donors (Lipinski definition) is 0. The Balaban J connectivity index is 0.988. The average Bonchev–Trinajstić information content (AvgIpc) is 3.27. The summed E-state index contributed by atoms with van der Waals surface area (Å²) in [6.07, 6.45) is 5.88. The van der Waals surface area contributed by atoms with Gasteiger partial charge in [-0.15, -0.1) is 0 Å². The summed E-state index contributed by atoms with van der Waals surface area (Å²) in [5.74, 6) is 0.795. The second-order valence-corrected chi connectivity index (χ2v) is 13.9. The van der Waals surface area contributed by atoms with E-state index in [1.807, 2.05) is 30.3 Å². The fourth-order valence-corrected chi connectivity index (χ4v) is 7.34. The second kappa shape index (κ2) is 15.5. The first kappa shape index (κ1) is 34.4. The van der Waals surface area contributed by atoms with E-state index in [0.29, 0.717) is 0 Å². The lowest BCUT2D eigenvalue weighted by atomic mass is 9.94. The van der Waals surface area contributed by atoms with Crippen molar-refractivity contribution in [3.8, 4) is 50.3 Å². The second-order valence-electron chi connectivity index (χ2n) is 13.9. The van der Waals surface area contributed by atoms with Crippen molar-refractivity contribution < 1.29 is 4.74 Å². The van der Waals surface area contributed by atoms with Crippen molar-refractivity contribution in [2.24, 2.45) is 0 Å². The van der Waals surface area contributed by atoms with Crippen LogP contribution in [0.25, 0.3) is 55.7 Å². The predicted octanol–water partition coefficient (Wildman–Crippen LogP) is 14.8. The fraction of sp³-hybridized carbons (Fsp3) is 0. The summed E-state index contributed by atoms with van der Waals surface area (Å²) in [6.45, 7) is 4.42. The largest absolute Gasteiger partial charge is 0.464 e. The summed E-state index contributed by atoms with van der Waals surface area (Å²) >= 11 is 0. The lowest BCUT2D eigenvalue weighted by Crippen LogP contribution is -2.09. The normalized spacial score (nSPS) is 13.6. The zero-order valence-corrected chi connectivity index (χ0v) is 30.9. The van der Waals surface area contributed by atoms with E-state index in [9.17, 15) is 0 Å². The average molecular weight is 718 g/mol. The Morgan fingerprint density at radius 1 is 0.357 bits per heavy atom. The van der Waals surface area contributed by atoms with Crippen LogP contribution in [0.2, 0.25) is 0 Å². The van der Waals surface area contributed by atoms with E-state index >= 15 is 0 Å². The molecule has 0 aliphatic carbocycles. The molecule has 9 rings (SSSR count). The molecule has 8 aromatic rings. The highest BCUT2D eigenvalue weighted by molar-refractivity contribution is 5.90. The first-order chi connectivity index (χ1) is 27.7. The molecule has 56 heavy (non-hydrogen) atoms. The maximum atomic E-state index is 6.06. The minimum Gasteiger partial charge on any atom is -0.464 e. The Kier molecular flexibility index (Phi) is 9.52. The molecule has 1 heterocycles. The number of hydrogen-bond acceptors (Lipinski definition) is 2. The summed E-state index contributed by atoms with van der Waals surface area (Å²) in [6, 6.07) is 73.0. The maximum Gasteiger partial charge on any atom is 0.134 e. The quantitative estimate of drug-likeness (QED) is 0.155. The third-order valence-electron chi connectivity index (χ3n) is 10.3. The number of allylic oxidation sites excluding steroid dienone is 4. The Morgan fingerprint density at radius 2 is 0.714 bits per heavy atom. The van der Waals surface area contributed by atoms with E-state index in [1.54, 1.807) is 6.26 Å². The highest BCUT2D eigenvalue weighted by Gasteiger charge is 2.15. The molecule has 8 aromatic carbocycles. The molecule has 2 heteroatoms. The summed E-state index contributed by atoms with van der Waals surface area (Å²) in [7, 11) is 0. The van der Waals surface area contributed by atoms with Gasteiger partial charge in [0, 0.05) is 22.6 Å². The van der Waals surface area contributed by atoms with Gasteiger partial charge < -0.3 is 9.64 Å². The van der Waals surface area contributed by atoms with E-state index in [1.165, 1.54) is 22.3 Å². The standard InChI is InChI=1S/C54H39NO/c1-39-37-49(42-15-9-4-10-16-42)35-36-56-54-34-27-48(38-53(39)54)47-19-17-43(18-20-47)46-25-32-52(33-26-46)55(50-28-21-44(22-29-50)40-11-5-2-6-12-40)51-30-23-45(24-31-51)41-13-7-3-8-14-41/h2-38H,1H2/b36-35-,49-37+. The van der Waals surface area contributed by atoms with Crippen LogP contribution in [-0.4, -0.2) is 0 Å². The van der Waals surface area contributed by atoms with Gasteiger partial charge in [0.2, 0.25) is 0 Å². The molecule has 0 N–H and O–H groups in total. The van der Waals surface area contributed by atoms with Crippen LogP contribution in [0.5, 0.6) is 5.75 Å². The molecule has 0 aromatic heterocycles. The monoisotopic (exact) mass is 717 g/mol. The van der Waals surface area contributed by atoms with Gasteiger partial charge in [-0.1, -0.05) is 164 Å². The molecular formula is C54H39NO. The van der Waals surface area contributed by atoms with Gasteiger partial charge in [-0.25, -0.2) is 0 Å². The number of nitrogens with zero attached hydrogens (tertiary/aromatic N) is 1. The van der Waals surface area contributed by atoms with E-state index in [2.05, 4.69) is 200 Å². The number of anilines is 3. The molecule has 0 amide bonds. The minimum absolute atomic E-state index is 0.795. The fourth-order valence-electron chi connectivity index (χ4n) is 7.34. The highest BCUT2D eigenvalue weighted by atomic mass is 16.5.